The molecular weight excluding hydrogens is 386 g/mol. The SMILES string of the molecule is CCN1CCc2ccc(Nc3ncc(Cl)c(N[C@H]4CCCC[C@@H]4O)n3)cc2CC1. The standard InChI is InChI=1S/C22H30ClN5O/c1-2-28-11-9-15-7-8-17(13-16(15)10-12-28)25-22-24-14-18(23)21(27-22)26-19-5-3-4-6-20(19)29/h7-8,13-14,19-20,29H,2-6,9-12H2,1H3,(H2,24,25,26,27)/t19-,20-/m0/s1. The number of aliphatic hydroxyl groups is 1. The first-order chi connectivity index (χ1) is 14.1. The van der Waals surface area contributed by atoms with Crippen LogP contribution in [0.3, 0.4) is 0 Å². The van der Waals surface area contributed by atoms with E-state index >= 15 is 0 Å². The number of aliphatic hydroxyl groups excluding tert-OH is 1. The average molecular weight is 416 g/mol. The molecule has 0 bridgehead atoms. The van der Waals surface area contributed by atoms with E-state index in [9.17, 15) is 5.11 Å². The zero-order valence-electron chi connectivity index (χ0n) is 17.0. The Labute approximate surface area is 177 Å². The third-order valence-corrected chi connectivity index (χ3v) is 6.38. The minimum absolute atomic E-state index is 0.0157. The maximum absolute atomic E-state index is 10.2. The van der Waals surface area contributed by atoms with Crippen LogP contribution in [-0.4, -0.2) is 51.8 Å². The van der Waals surface area contributed by atoms with Gasteiger partial charge in [0.2, 0.25) is 5.95 Å². The van der Waals surface area contributed by atoms with Gasteiger partial charge in [-0.3, -0.25) is 0 Å². The van der Waals surface area contributed by atoms with Crippen LogP contribution in [0.5, 0.6) is 0 Å². The summed E-state index contributed by atoms with van der Waals surface area (Å²) in [5.41, 5.74) is 3.81. The van der Waals surface area contributed by atoms with Crippen molar-refractivity contribution in [2.45, 2.75) is 57.6 Å². The van der Waals surface area contributed by atoms with E-state index in [-0.39, 0.29) is 12.1 Å². The van der Waals surface area contributed by atoms with Crippen LogP contribution >= 0.6 is 11.6 Å². The van der Waals surface area contributed by atoms with Crippen LogP contribution in [0.1, 0.15) is 43.7 Å². The molecule has 4 rings (SSSR count). The summed E-state index contributed by atoms with van der Waals surface area (Å²) in [5.74, 6) is 1.08. The molecule has 7 heteroatoms. The molecule has 1 aliphatic carbocycles. The van der Waals surface area contributed by atoms with Crippen molar-refractivity contribution in [2.75, 3.05) is 30.3 Å². The molecule has 2 heterocycles. The molecule has 0 saturated heterocycles. The largest absolute Gasteiger partial charge is 0.391 e. The molecule has 6 nitrogen and oxygen atoms in total. The Kier molecular flexibility index (Phi) is 6.53. The van der Waals surface area contributed by atoms with Crippen LogP contribution in [0.4, 0.5) is 17.5 Å². The Morgan fingerprint density at radius 1 is 1.17 bits per heavy atom. The van der Waals surface area contributed by atoms with E-state index in [0.29, 0.717) is 16.8 Å². The monoisotopic (exact) mass is 415 g/mol. The topological polar surface area (TPSA) is 73.3 Å². The molecular formula is C22H30ClN5O. The van der Waals surface area contributed by atoms with Crippen LogP contribution < -0.4 is 10.6 Å². The van der Waals surface area contributed by atoms with Crippen LogP contribution in [0.2, 0.25) is 5.02 Å². The zero-order chi connectivity index (χ0) is 20.2. The molecule has 0 radical (unpaired) electrons. The van der Waals surface area contributed by atoms with E-state index in [1.54, 1.807) is 6.20 Å². The highest BCUT2D eigenvalue weighted by atomic mass is 35.5. The molecule has 1 aromatic carbocycles. The fourth-order valence-electron chi connectivity index (χ4n) is 4.28. The Balaban J connectivity index is 1.48. The first-order valence-electron chi connectivity index (χ1n) is 10.7. The molecule has 156 valence electrons. The van der Waals surface area contributed by atoms with Gasteiger partial charge in [0, 0.05) is 18.8 Å². The van der Waals surface area contributed by atoms with Gasteiger partial charge in [-0.15, -0.1) is 0 Å². The molecule has 2 atom stereocenters. The van der Waals surface area contributed by atoms with Crippen molar-refractivity contribution in [1.29, 1.82) is 0 Å². The van der Waals surface area contributed by atoms with Crippen molar-refractivity contribution < 1.29 is 5.11 Å². The van der Waals surface area contributed by atoms with Gasteiger partial charge < -0.3 is 20.6 Å². The second-order valence-electron chi connectivity index (χ2n) is 8.04. The lowest BCUT2D eigenvalue weighted by atomic mass is 9.93. The highest BCUT2D eigenvalue weighted by molar-refractivity contribution is 6.32. The lowest BCUT2D eigenvalue weighted by molar-refractivity contribution is 0.116. The number of hydrogen-bond donors (Lipinski definition) is 3. The number of aromatic nitrogens is 2. The molecule has 2 aromatic rings. The van der Waals surface area contributed by atoms with Crippen LogP contribution in [0.15, 0.2) is 24.4 Å². The summed E-state index contributed by atoms with van der Waals surface area (Å²) in [4.78, 5) is 11.4. The molecule has 0 unspecified atom stereocenters. The maximum Gasteiger partial charge on any atom is 0.229 e. The van der Waals surface area contributed by atoms with Crippen molar-refractivity contribution in [3.63, 3.8) is 0 Å². The van der Waals surface area contributed by atoms with Gasteiger partial charge in [0.25, 0.3) is 0 Å². The quantitative estimate of drug-likeness (QED) is 0.685. The third kappa shape index (κ3) is 5.00. The number of fused-ring (bicyclic) bond motifs is 1. The number of hydrogen-bond acceptors (Lipinski definition) is 6. The molecule has 29 heavy (non-hydrogen) atoms. The van der Waals surface area contributed by atoms with Gasteiger partial charge in [-0.25, -0.2) is 4.98 Å². The predicted octanol–water partition coefficient (Wildman–Crippen LogP) is 4.01. The molecule has 1 aliphatic heterocycles. The number of likely N-dealkylation sites (N-methyl/N-ethyl adjacent to an activating group) is 1. The smallest absolute Gasteiger partial charge is 0.229 e. The summed E-state index contributed by atoms with van der Waals surface area (Å²) in [6.07, 6.45) is 7.31. The number of anilines is 3. The molecule has 1 fully saturated rings. The summed E-state index contributed by atoms with van der Waals surface area (Å²) in [6.45, 7) is 5.54. The normalized spacial score (nSPS) is 22.6. The number of nitrogens with zero attached hydrogens (tertiary/aromatic N) is 3. The number of nitrogens with one attached hydrogen (secondary N) is 2. The molecule has 3 N–H and O–H groups in total. The van der Waals surface area contributed by atoms with Crippen molar-refractivity contribution in [3.8, 4) is 0 Å². The molecule has 2 aliphatic rings. The summed E-state index contributed by atoms with van der Waals surface area (Å²) < 4.78 is 0. The first-order valence-corrected chi connectivity index (χ1v) is 11.1. The Bertz CT molecular complexity index is 846. The van der Waals surface area contributed by atoms with Crippen molar-refractivity contribution in [2.24, 2.45) is 0 Å². The van der Waals surface area contributed by atoms with Gasteiger partial charge in [-0.2, -0.15) is 4.98 Å². The molecule has 0 amide bonds. The van der Waals surface area contributed by atoms with Gasteiger partial charge >= 0.3 is 0 Å². The average Bonchev–Trinajstić information content (AvgIpc) is 2.94. The minimum atomic E-state index is -0.363. The van der Waals surface area contributed by atoms with Gasteiger partial charge in [0.15, 0.2) is 5.82 Å². The predicted molar refractivity (Wildman–Crippen MR) is 118 cm³/mol. The molecule has 1 aromatic heterocycles. The fraction of sp³-hybridized carbons (Fsp3) is 0.545. The van der Waals surface area contributed by atoms with Gasteiger partial charge in [-0.05, 0) is 55.5 Å². The van der Waals surface area contributed by atoms with Gasteiger partial charge in [0.1, 0.15) is 5.02 Å². The Hall–Kier alpha value is -1.89. The van der Waals surface area contributed by atoms with E-state index in [0.717, 1.165) is 63.8 Å². The van der Waals surface area contributed by atoms with E-state index in [2.05, 4.69) is 50.6 Å². The highest BCUT2D eigenvalue weighted by Crippen LogP contribution is 2.27. The van der Waals surface area contributed by atoms with Crippen LogP contribution in [0.25, 0.3) is 0 Å². The number of halogens is 1. The molecule has 1 saturated carbocycles. The van der Waals surface area contributed by atoms with Crippen molar-refractivity contribution in [3.05, 3.63) is 40.5 Å². The van der Waals surface area contributed by atoms with Crippen molar-refractivity contribution >= 4 is 29.1 Å². The number of rotatable bonds is 5. The van der Waals surface area contributed by atoms with Crippen LogP contribution in [0, 0.1) is 0 Å². The number of benzene rings is 1. The van der Waals surface area contributed by atoms with Crippen molar-refractivity contribution in [1.82, 2.24) is 14.9 Å². The second-order valence-corrected chi connectivity index (χ2v) is 8.44. The third-order valence-electron chi connectivity index (χ3n) is 6.10. The summed E-state index contributed by atoms with van der Waals surface area (Å²) >= 11 is 6.30. The first kappa shape index (κ1) is 20.4. The highest BCUT2D eigenvalue weighted by Gasteiger charge is 2.24. The summed E-state index contributed by atoms with van der Waals surface area (Å²) in [7, 11) is 0. The zero-order valence-corrected chi connectivity index (χ0v) is 17.8. The lowest BCUT2D eigenvalue weighted by Crippen LogP contribution is -2.36. The Morgan fingerprint density at radius 3 is 2.76 bits per heavy atom. The van der Waals surface area contributed by atoms with Crippen LogP contribution in [-0.2, 0) is 12.8 Å². The minimum Gasteiger partial charge on any atom is -0.391 e. The lowest BCUT2D eigenvalue weighted by Gasteiger charge is -2.29. The second kappa shape index (κ2) is 9.28. The summed E-state index contributed by atoms with van der Waals surface area (Å²) in [6, 6.07) is 6.50. The Morgan fingerprint density at radius 2 is 1.97 bits per heavy atom. The summed E-state index contributed by atoms with van der Waals surface area (Å²) in [5, 5.41) is 17.3. The maximum atomic E-state index is 10.2. The van der Waals surface area contributed by atoms with Gasteiger partial charge in [0.05, 0.1) is 18.3 Å². The van der Waals surface area contributed by atoms with Gasteiger partial charge in [-0.1, -0.05) is 37.4 Å². The molecule has 0 spiro atoms. The van der Waals surface area contributed by atoms with E-state index < -0.39 is 0 Å². The van der Waals surface area contributed by atoms with E-state index in [1.165, 1.54) is 11.1 Å². The van der Waals surface area contributed by atoms with E-state index in [4.69, 9.17) is 11.6 Å². The fourth-order valence-corrected chi connectivity index (χ4v) is 4.42. The van der Waals surface area contributed by atoms with E-state index in [1.807, 2.05) is 0 Å².